The Hall–Kier alpha value is -0.510. The fourth-order valence-electron chi connectivity index (χ4n) is 1.98. The molecule has 4 heteroatoms. The second kappa shape index (κ2) is 6.78. The minimum atomic E-state index is 0.412. The van der Waals surface area contributed by atoms with Crippen LogP contribution in [0.5, 0.6) is 0 Å². The summed E-state index contributed by atoms with van der Waals surface area (Å²) in [6, 6.07) is 10.9. The number of hydrogen-bond acceptors (Lipinski definition) is 2. The number of benzene rings is 1. The van der Waals surface area contributed by atoms with Crippen molar-refractivity contribution in [1.82, 2.24) is 0 Å². The Balaban J connectivity index is 2.28. The molecule has 0 saturated carbocycles. The van der Waals surface area contributed by atoms with Gasteiger partial charge in [0, 0.05) is 16.2 Å². The van der Waals surface area contributed by atoms with Crippen molar-refractivity contribution in [2.24, 2.45) is 0 Å². The van der Waals surface area contributed by atoms with E-state index < -0.39 is 0 Å². The Kier molecular flexibility index (Phi) is 5.31. The van der Waals surface area contributed by atoms with Crippen LogP contribution in [0.15, 0.2) is 35.7 Å². The van der Waals surface area contributed by atoms with Crippen molar-refractivity contribution in [2.75, 3.05) is 4.90 Å². The van der Waals surface area contributed by atoms with Gasteiger partial charge in [-0.15, -0.1) is 11.3 Å². The smallest absolute Gasteiger partial charge is 0.0642 e. The SMILES string of the molecule is CC(C)N(Cc1cccs1)c1ccc(CBr)cc1Cl. The second-order valence-corrected chi connectivity index (χ2v) is 6.72. The molecule has 0 aliphatic heterocycles. The molecule has 19 heavy (non-hydrogen) atoms. The van der Waals surface area contributed by atoms with Gasteiger partial charge < -0.3 is 4.90 Å². The van der Waals surface area contributed by atoms with Gasteiger partial charge in [-0.1, -0.05) is 39.7 Å². The van der Waals surface area contributed by atoms with E-state index in [0.29, 0.717) is 6.04 Å². The Labute approximate surface area is 132 Å². The highest BCUT2D eigenvalue weighted by Gasteiger charge is 2.15. The molecule has 1 heterocycles. The van der Waals surface area contributed by atoms with E-state index in [4.69, 9.17) is 11.6 Å². The van der Waals surface area contributed by atoms with Crippen LogP contribution < -0.4 is 4.90 Å². The molecule has 0 N–H and O–H groups in total. The third-order valence-electron chi connectivity index (χ3n) is 3.01. The zero-order valence-electron chi connectivity index (χ0n) is 11.1. The topological polar surface area (TPSA) is 3.24 Å². The summed E-state index contributed by atoms with van der Waals surface area (Å²) in [6.07, 6.45) is 0. The van der Waals surface area contributed by atoms with Crippen molar-refractivity contribution in [3.05, 3.63) is 51.2 Å². The lowest BCUT2D eigenvalue weighted by Gasteiger charge is -2.29. The highest BCUT2D eigenvalue weighted by Crippen LogP contribution is 2.31. The van der Waals surface area contributed by atoms with Gasteiger partial charge in [-0.25, -0.2) is 0 Å². The average Bonchev–Trinajstić information content (AvgIpc) is 2.89. The van der Waals surface area contributed by atoms with Gasteiger partial charge in [0.15, 0.2) is 0 Å². The van der Waals surface area contributed by atoms with Gasteiger partial charge in [0.05, 0.1) is 17.3 Å². The fraction of sp³-hybridized carbons (Fsp3) is 0.333. The Morgan fingerprint density at radius 1 is 1.32 bits per heavy atom. The van der Waals surface area contributed by atoms with E-state index in [-0.39, 0.29) is 0 Å². The number of hydrogen-bond donors (Lipinski definition) is 0. The van der Waals surface area contributed by atoms with Crippen LogP contribution in [0.25, 0.3) is 0 Å². The van der Waals surface area contributed by atoms with Gasteiger partial charge in [-0.3, -0.25) is 0 Å². The lowest BCUT2D eigenvalue weighted by Crippen LogP contribution is -2.30. The monoisotopic (exact) mass is 357 g/mol. The predicted molar refractivity (Wildman–Crippen MR) is 89.7 cm³/mol. The third kappa shape index (κ3) is 3.74. The fourth-order valence-corrected chi connectivity index (χ4v) is 3.35. The van der Waals surface area contributed by atoms with Gasteiger partial charge in [-0.05, 0) is 43.0 Å². The second-order valence-electron chi connectivity index (χ2n) is 4.72. The van der Waals surface area contributed by atoms with Gasteiger partial charge in [0.1, 0.15) is 0 Å². The molecular formula is C15H17BrClNS. The summed E-state index contributed by atoms with van der Waals surface area (Å²) in [5.74, 6) is 0. The Morgan fingerprint density at radius 2 is 2.11 bits per heavy atom. The molecule has 0 bridgehead atoms. The van der Waals surface area contributed by atoms with Gasteiger partial charge >= 0.3 is 0 Å². The minimum absolute atomic E-state index is 0.412. The van der Waals surface area contributed by atoms with Crippen LogP contribution in [-0.2, 0) is 11.9 Å². The van der Waals surface area contributed by atoms with Gasteiger partial charge in [-0.2, -0.15) is 0 Å². The molecule has 1 aromatic carbocycles. The lowest BCUT2D eigenvalue weighted by atomic mass is 10.2. The number of nitrogens with zero attached hydrogens (tertiary/aromatic N) is 1. The molecular weight excluding hydrogens is 342 g/mol. The van der Waals surface area contributed by atoms with Crippen LogP contribution in [0.3, 0.4) is 0 Å². The average molecular weight is 359 g/mol. The summed E-state index contributed by atoms with van der Waals surface area (Å²) < 4.78 is 0. The minimum Gasteiger partial charge on any atom is -0.363 e. The number of anilines is 1. The molecule has 0 aliphatic rings. The zero-order chi connectivity index (χ0) is 13.8. The van der Waals surface area contributed by atoms with Crippen LogP contribution in [0.2, 0.25) is 5.02 Å². The predicted octanol–water partition coefficient (Wildman–Crippen LogP) is 5.71. The highest BCUT2D eigenvalue weighted by atomic mass is 79.9. The molecule has 0 radical (unpaired) electrons. The summed E-state index contributed by atoms with van der Waals surface area (Å²) in [7, 11) is 0. The number of rotatable bonds is 5. The molecule has 0 saturated heterocycles. The molecule has 0 amide bonds. The van der Waals surface area contributed by atoms with Gasteiger partial charge in [0.25, 0.3) is 0 Å². The molecule has 0 unspecified atom stereocenters. The Bertz CT molecular complexity index is 525. The van der Waals surface area contributed by atoms with Crippen LogP contribution in [0.1, 0.15) is 24.3 Å². The van der Waals surface area contributed by atoms with Crippen LogP contribution in [0, 0.1) is 0 Å². The van der Waals surface area contributed by atoms with Crippen LogP contribution >= 0.6 is 38.9 Å². The first kappa shape index (κ1) is 14.9. The number of halogens is 2. The molecule has 1 nitrogen and oxygen atoms in total. The van der Waals surface area contributed by atoms with Crippen molar-refractivity contribution in [2.45, 2.75) is 31.8 Å². The largest absolute Gasteiger partial charge is 0.363 e. The first-order valence-corrected chi connectivity index (χ1v) is 8.63. The maximum Gasteiger partial charge on any atom is 0.0642 e. The molecule has 102 valence electrons. The summed E-state index contributed by atoms with van der Waals surface area (Å²) in [5, 5.41) is 3.77. The van der Waals surface area contributed by atoms with Crippen LogP contribution in [-0.4, -0.2) is 6.04 Å². The first-order valence-electron chi connectivity index (χ1n) is 6.25. The molecule has 2 rings (SSSR count). The van der Waals surface area contributed by atoms with Crippen molar-refractivity contribution < 1.29 is 0 Å². The van der Waals surface area contributed by atoms with E-state index in [9.17, 15) is 0 Å². The summed E-state index contributed by atoms with van der Waals surface area (Å²) in [4.78, 5) is 3.70. The summed E-state index contributed by atoms with van der Waals surface area (Å²) in [6.45, 7) is 5.30. The van der Waals surface area contributed by atoms with E-state index in [0.717, 1.165) is 22.6 Å². The standard InChI is InChI=1S/C15H17BrClNS/c1-11(2)18(10-13-4-3-7-19-13)15-6-5-12(9-16)8-14(15)17/h3-8,11H,9-10H2,1-2H3. The summed E-state index contributed by atoms with van der Waals surface area (Å²) >= 11 is 11.7. The molecule has 0 atom stereocenters. The van der Waals surface area contributed by atoms with Crippen molar-refractivity contribution >= 4 is 44.6 Å². The third-order valence-corrected chi connectivity index (χ3v) is 4.82. The van der Waals surface area contributed by atoms with Crippen molar-refractivity contribution in [3.8, 4) is 0 Å². The van der Waals surface area contributed by atoms with Crippen molar-refractivity contribution in [3.63, 3.8) is 0 Å². The van der Waals surface area contributed by atoms with E-state index in [1.165, 1.54) is 10.4 Å². The molecule has 2 aromatic rings. The van der Waals surface area contributed by atoms with Gasteiger partial charge in [0.2, 0.25) is 0 Å². The molecule has 0 spiro atoms. The Morgan fingerprint density at radius 3 is 2.63 bits per heavy atom. The molecule has 1 aromatic heterocycles. The highest BCUT2D eigenvalue weighted by molar-refractivity contribution is 9.08. The maximum atomic E-state index is 6.43. The van der Waals surface area contributed by atoms with Crippen LogP contribution in [0.4, 0.5) is 5.69 Å². The molecule has 0 fully saturated rings. The van der Waals surface area contributed by atoms with E-state index in [1.807, 2.05) is 6.07 Å². The number of alkyl halides is 1. The summed E-state index contributed by atoms with van der Waals surface area (Å²) in [5.41, 5.74) is 2.31. The quantitative estimate of drug-likeness (QED) is 0.619. The van der Waals surface area contributed by atoms with E-state index in [1.54, 1.807) is 11.3 Å². The maximum absolute atomic E-state index is 6.43. The van der Waals surface area contributed by atoms with Crippen molar-refractivity contribution in [1.29, 1.82) is 0 Å². The normalized spacial score (nSPS) is 11.0. The number of thiophene rings is 1. The van der Waals surface area contributed by atoms with E-state index in [2.05, 4.69) is 64.3 Å². The van der Waals surface area contributed by atoms with E-state index >= 15 is 0 Å². The molecule has 0 aliphatic carbocycles. The first-order chi connectivity index (χ1) is 9.11. The zero-order valence-corrected chi connectivity index (χ0v) is 14.2. The lowest BCUT2D eigenvalue weighted by molar-refractivity contribution is 0.687.